The van der Waals surface area contributed by atoms with E-state index in [0.29, 0.717) is 0 Å². The number of nitrogens with zero attached hydrogens (tertiary/aromatic N) is 8. The van der Waals surface area contributed by atoms with Crippen molar-refractivity contribution in [2.45, 2.75) is 0 Å². The molecule has 658 valence electrons. The maximum Gasteiger partial charge on any atom is 0.0547 e. The molecular formula is C132H90N8. The standard InChI is InChI=1S/C132H90N8/c1-7-27-101(28-8-1)133(107-71-55-95(56-72-107)99-59-83-121-117-39-19-23-43-125(117)139(131(121)89-99)105-35-15-5-16-36-105)113-75-79-115(80-76-113)135(111-67-51-93(52-68-111)97-61-85-129-123(87-97)119-41-21-25-45-127(119)137(129)103-31-11-3-12-32-103)109-63-47-91(48-64-109)92-49-65-110(66-50-92)136(112-69-53-94(54-70-112)98-62-86-130-124(88-98)120-42-22-26-46-128(120)138(130)104-33-13-4-14-34-104)116-81-77-114(78-82-116)134(102-29-9-2-10-30-102)108-73-57-96(58-74-108)100-60-84-122-118-40-20-24-44-126(118)140(132(122)90-100)106-37-17-6-18-38-106/h1-90H. The lowest BCUT2D eigenvalue weighted by Crippen LogP contribution is -2.12. The molecule has 0 aliphatic heterocycles. The smallest absolute Gasteiger partial charge is 0.0547 e. The average Bonchev–Trinajstić information content (AvgIpc) is 1.60. The van der Waals surface area contributed by atoms with Crippen molar-refractivity contribution in [3.05, 3.63) is 546 Å². The van der Waals surface area contributed by atoms with Crippen molar-refractivity contribution >= 4 is 155 Å². The first-order valence-electron chi connectivity index (χ1n) is 47.9. The van der Waals surface area contributed by atoms with Crippen LogP contribution in [-0.2, 0) is 0 Å². The number of aromatic nitrogens is 4. The van der Waals surface area contributed by atoms with E-state index < -0.39 is 0 Å². The SMILES string of the molecule is c1ccc(N(c2ccc(-c3ccc4c5ccccc5n(-c5ccccc5)c4c3)cc2)c2ccc(N(c3ccc(-c4ccc(N(c5ccc(-c6ccc7c(c6)c6ccccc6n7-c6ccccc6)cc5)c5ccc(N(c6ccccc6)c6ccc(-c7ccc8c9ccccc9n(-c9ccccc9)c8c7)cc6)cc5)cc4)cc3)c3ccc(-c4ccc5c(c4)c4ccccc4n5-c4ccccc4)cc3)cc2)cc1. The minimum Gasteiger partial charge on any atom is -0.311 e. The molecule has 0 saturated carbocycles. The van der Waals surface area contributed by atoms with Crippen LogP contribution in [0.4, 0.5) is 68.2 Å². The summed E-state index contributed by atoms with van der Waals surface area (Å²) in [7, 11) is 0. The fraction of sp³-hybridized carbons (Fsp3) is 0. The van der Waals surface area contributed by atoms with Crippen LogP contribution in [0.15, 0.2) is 546 Å². The van der Waals surface area contributed by atoms with Crippen molar-refractivity contribution in [1.82, 2.24) is 18.3 Å². The summed E-state index contributed by atoms with van der Waals surface area (Å²) in [5.74, 6) is 0. The fourth-order valence-corrected chi connectivity index (χ4v) is 21.3. The van der Waals surface area contributed by atoms with Gasteiger partial charge in [-0.15, -0.1) is 0 Å². The van der Waals surface area contributed by atoms with E-state index in [4.69, 9.17) is 0 Å². The Morgan fingerprint density at radius 3 is 0.507 bits per heavy atom. The van der Waals surface area contributed by atoms with Gasteiger partial charge in [0.05, 0.1) is 44.1 Å². The Hall–Kier alpha value is -18.8. The van der Waals surface area contributed by atoms with Crippen molar-refractivity contribution in [1.29, 1.82) is 0 Å². The summed E-state index contributed by atoms with van der Waals surface area (Å²) < 4.78 is 9.54. The quantitative estimate of drug-likeness (QED) is 0.0718. The number of anilines is 12. The number of fused-ring (bicyclic) bond motifs is 12. The number of para-hydroxylation sites is 10. The number of hydrogen-bond acceptors (Lipinski definition) is 4. The van der Waals surface area contributed by atoms with E-state index >= 15 is 0 Å². The summed E-state index contributed by atoms with van der Waals surface area (Å²) in [5.41, 5.74) is 37.8. The Morgan fingerprint density at radius 1 is 0.100 bits per heavy atom. The van der Waals surface area contributed by atoms with Gasteiger partial charge < -0.3 is 37.9 Å². The minimum absolute atomic E-state index is 1.02. The highest BCUT2D eigenvalue weighted by atomic mass is 15.2. The van der Waals surface area contributed by atoms with E-state index in [1.54, 1.807) is 0 Å². The molecule has 0 bridgehead atoms. The molecule has 0 atom stereocenters. The molecule has 0 N–H and O–H groups in total. The van der Waals surface area contributed by atoms with Crippen molar-refractivity contribution in [3.8, 4) is 78.4 Å². The molecule has 0 aliphatic rings. The highest BCUT2D eigenvalue weighted by molar-refractivity contribution is 6.14. The Labute approximate surface area is 812 Å². The highest BCUT2D eigenvalue weighted by Crippen LogP contribution is 2.48. The predicted molar refractivity (Wildman–Crippen MR) is 590 cm³/mol. The van der Waals surface area contributed by atoms with E-state index in [0.717, 1.165) is 147 Å². The molecule has 0 fully saturated rings. The topological polar surface area (TPSA) is 32.7 Å². The lowest BCUT2D eigenvalue weighted by atomic mass is 10.0. The van der Waals surface area contributed by atoms with Crippen molar-refractivity contribution in [2.75, 3.05) is 19.6 Å². The molecule has 26 aromatic rings. The molecule has 0 amide bonds. The van der Waals surface area contributed by atoms with Crippen LogP contribution in [0, 0.1) is 0 Å². The second-order valence-corrected chi connectivity index (χ2v) is 36.0. The van der Waals surface area contributed by atoms with Crippen LogP contribution < -0.4 is 19.6 Å². The van der Waals surface area contributed by atoms with Gasteiger partial charge in [0, 0.05) is 134 Å². The van der Waals surface area contributed by atoms with Gasteiger partial charge in [-0.1, -0.05) is 291 Å². The third-order valence-corrected chi connectivity index (χ3v) is 27.9. The monoisotopic (exact) mass is 1790 g/mol. The van der Waals surface area contributed by atoms with Crippen LogP contribution in [-0.4, -0.2) is 18.3 Å². The second kappa shape index (κ2) is 34.9. The fourth-order valence-electron chi connectivity index (χ4n) is 21.3. The van der Waals surface area contributed by atoms with Gasteiger partial charge in [-0.3, -0.25) is 0 Å². The normalized spacial score (nSPS) is 11.6. The molecule has 22 aromatic carbocycles. The van der Waals surface area contributed by atoms with E-state index in [1.165, 1.54) is 87.2 Å². The van der Waals surface area contributed by atoms with Crippen LogP contribution in [0.2, 0.25) is 0 Å². The summed E-state index contributed by atoms with van der Waals surface area (Å²) >= 11 is 0. The van der Waals surface area contributed by atoms with Crippen LogP contribution >= 0.6 is 0 Å². The molecule has 4 heterocycles. The molecule has 8 nitrogen and oxygen atoms in total. The van der Waals surface area contributed by atoms with Crippen LogP contribution in [0.25, 0.3) is 166 Å². The summed E-state index contributed by atoms with van der Waals surface area (Å²) in [6, 6.07) is 199. The molecule has 140 heavy (non-hydrogen) atoms. The Balaban J connectivity index is 0.543. The number of hydrogen-bond donors (Lipinski definition) is 0. The summed E-state index contributed by atoms with van der Waals surface area (Å²) in [4.78, 5) is 9.47. The third kappa shape index (κ3) is 14.7. The Morgan fingerprint density at radius 2 is 0.257 bits per heavy atom. The molecule has 0 radical (unpaired) electrons. The first-order valence-corrected chi connectivity index (χ1v) is 47.9. The zero-order valence-electron chi connectivity index (χ0n) is 76.5. The average molecular weight is 1790 g/mol. The summed E-state index contributed by atoms with van der Waals surface area (Å²) in [5, 5.41) is 9.82. The minimum atomic E-state index is 1.02. The second-order valence-electron chi connectivity index (χ2n) is 36.0. The molecule has 0 unspecified atom stereocenters. The van der Waals surface area contributed by atoms with Gasteiger partial charge in [-0.25, -0.2) is 0 Å². The van der Waals surface area contributed by atoms with Gasteiger partial charge in [0.25, 0.3) is 0 Å². The molecule has 26 rings (SSSR count). The first kappa shape index (κ1) is 82.0. The van der Waals surface area contributed by atoms with E-state index in [2.05, 4.69) is 584 Å². The predicted octanol–water partition coefficient (Wildman–Crippen LogP) is 36.3. The Bertz CT molecular complexity index is 8550. The number of benzene rings is 22. The van der Waals surface area contributed by atoms with E-state index in [1.807, 2.05) is 0 Å². The van der Waals surface area contributed by atoms with E-state index in [-0.39, 0.29) is 0 Å². The van der Waals surface area contributed by atoms with Gasteiger partial charge in [0.15, 0.2) is 0 Å². The van der Waals surface area contributed by atoms with Crippen molar-refractivity contribution < 1.29 is 0 Å². The maximum atomic E-state index is 2.39. The Kier molecular flexibility index (Phi) is 20.4. The van der Waals surface area contributed by atoms with Gasteiger partial charge in [-0.2, -0.15) is 0 Å². The van der Waals surface area contributed by atoms with Gasteiger partial charge in [0.1, 0.15) is 0 Å². The summed E-state index contributed by atoms with van der Waals surface area (Å²) in [6.07, 6.45) is 0. The highest BCUT2D eigenvalue weighted by Gasteiger charge is 2.25. The first-order chi connectivity index (χ1) is 69.4. The van der Waals surface area contributed by atoms with Crippen molar-refractivity contribution in [3.63, 3.8) is 0 Å². The molecule has 0 saturated heterocycles. The number of rotatable bonds is 21. The van der Waals surface area contributed by atoms with Crippen LogP contribution in [0.5, 0.6) is 0 Å². The van der Waals surface area contributed by atoms with Crippen LogP contribution in [0.1, 0.15) is 0 Å². The molecule has 8 heteroatoms. The van der Waals surface area contributed by atoms with Crippen LogP contribution in [0.3, 0.4) is 0 Å². The molecule has 0 aliphatic carbocycles. The van der Waals surface area contributed by atoms with Gasteiger partial charge in [-0.05, 0) is 310 Å². The largest absolute Gasteiger partial charge is 0.311 e. The van der Waals surface area contributed by atoms with Crippen molar-refractivity contribution in [2.24, 2.45) is 0 Å². The van der Waals surface area contributed by atoms with Gasteiger partial charge >= 0.3 is 0 Å². The zero-order chi connectivity index (χ0) is 92.5. The maximum absolute atomic E-state index is 2.39. The summed E-state index contributed by atoms with van der Waals surface area (Å²) in [6.45, 7) is 0. The molecule has 4 aromatic heterocycles. The van der Waals surface area contributed by atoms with E-state index in [9.17, 15) is 0 Å². The zero-order valence-corrected chi connectivity index (χ0v) is 76.5. The molecular weight excluding hydrogens is 1700 g/mol. The lowest BCUT2D eigenvalue weighted by molar-refractivity contribution is 1.18. The molecule has 0 spiro atoms. The third-order valence-electron chi connectivity index (χ3n) is 27.9. The lowest BCUT2D eigenvalue weighted by Gasteiger charge is -2.29. The van der Waals surface area contributed by atoms with Gasteiger partial charge in [0.2, 0.25) is 0 Å².